The number of benzene rings is 2. The van der Waals surface area contributed by atoms with Crippen molar-refractivity contribution in [2.45, 2.75) is 13.0 Å². The van der Waals surface area contributed by atoms with Crippen molar-refractivity contribution in [2.75, 3.05) is 14.2 Å². The molecule has 3 nitrogen and oxygen atoms in total. The first kappa shape index (κ1) is 14.3. The second-order valence-corrected chi connectivity index (χ2v) is 4.62. The Morgan fingerprint density at radius 2 is 1.70 bits per heavy atom. The van der Waals surface area contributed by atoms with E-state index in [9.17, 15) is 4.39 Å². The van der Waals surface area contributed by atoms with E-state index in [0.29, 0.717) is 17.1 Å². The molecule has 2 N–H and O–H groups in total. The topological polar surface area (TPSA) is 44.5 Å². The van der Waals surface area contributed by atoms with Gasteiger partial charge in [0.05, 0.1) is 20.3 Å². The lowest BCUT2D eigenvalue weighted by atomic mass is 9.98. The number of nitrogens with two attached hydrogens (primary N) is 1. The van der Waals surface area contributed by atoms with Crippen molar-refractivity contribution in [1.82, 2.24) is 0 Å². The zero-order valence-corrected chi connectivity index (χ0v) is 11.8. The average Bonchev–Trinajstić information content (AvgIpc) is 2.45. The number of rotatable bonds is 4. The summed E-state index contributed by atoms with van der Waals surface area (Å²) >= 11 is 0. The van der Waals surface area contributed by atoms with E-state index in [2.05, 4.69) is 0 Å². The summed E-state index contributed by atoms with van der Waals surface area (Å²) in [6.07, 6.45) is 0. The van der Waals surface area contributed by atoms with Gasteiger partial charge < -0.3 is 15.2 Å². The molecule has 0 aliphatic heterocycles. The van der Waals surface area contributed by atoms with Crippen molar-refractivity contribution in [2.24, 2.45) is 5.73 Å². The van der Waals surface area contributed by atoms with Crippen LogP contribution in [-0.4, -0.2) is 14.2 Å². The highest BCUT2D eigenvalue weighted by Gasteiger charge is 2.15. The molecule has 0 aromatic heterocycles. The molecule has 0 saturated heterocycles. The Morgan fingerprint density at radius 1 is 1.00 bits per heavy atom. The van der Waals surface area contributed by atoms with Crippen LogP contribution in [0.5, 0.6) is 11.5 Å². The van der Waals surface area contributed by atoms with E-state index in [0.717, 1.165) is 11.1 Å². The Kier molecular flexibility index (Phi) is 4.25. The van der Waals surface area contributed by atoms with Crippen LogP contribution in [0.2, 0.25) is 0 Å². The second-order valence-electron chi connectivity index (χ2n) is 4.62. The molecular formula is C16H18FNO2. The van der Waals surface area contributed by atoms with Gasteiger partial charge in [-0.2, -0.15) is 0 Å². The molecule has 0 fully saturated rings. The van der Waals surface area contributed by atoms with Gasteiger partial charge in [-0.25, -0.2) is 4.39 Å². The Balaban J connectivity index is 2.40. The van der Waals surface area contributed by atoms with Crippen LogP contribution in [0.25, 0.3) is 0 Å². The van der Waals surface area contributed by atoms with Crippen molar-refractivity contribution in [3.63, 3.8) is 0 Å². The fourth-order valence-corrected chi connectivity index (χ4v) is 2.11. The average molecular weight is 275 g/mol. The molecule has 0 bridgehead atoms. The first-order chi connectivity index (χ1) is 9.56. The number of aryl methyl sites for hydroxylation is 1. The predicted molar refractivity (Wildman–Crippen MR) is 76.7 cm³/mol. The predicted octanol–water partition coefficient (Wildman–Crippen LogP) is 3.20. The minimum Gasteiger partial charge on any atom is -0.493 e. The summed E-state index contributed by atoms with van der Waals surface area (Å²) in [7, 11) is 3.12. The van der Waals surface area contributed by atoms with E-state index < -0.39 is 6.04 Å². The van der Waals surface area contributed by atoms with Gasteiger partial charge >= 0.3 is 0 Å². The smallest absolute Gasteiger partial charge is 0.161 e. The molecule has 1 unspecified atom stereocenters. The number of methoxy groups -OCH3 is 2. The van der Waals surface area contributed by atoms with Crippen LogP contribution >= 0.6 is 0 Å². The summed E-state index contributed by atoms with van der Waals surface area (Å²) in [5.41, 5.74) is 8.24. The molecule has 106 valence electrons. The fourth-order valence-electron chi connectivity index (χ4n) is 2.11. The lowest BCUT2D eigenvalue weighted by molar-refractivity contribution is 0.354. The van der Waals surface area contributed by atoms with Crippen molar-refractivity contribution >= 4 is 0 Å². The van der Waals surface area contributed by atoms with Gasteiger partial charge in [0, 0.05) is 5.56 Å². The van der Waals surface area contributed by atoms with Crippen molar-refractivity contribution in [1.29, 1.82) is 0 Å². The van der Waals surface area contributed by atoms with Gasteiger partial charge in [-0.05, 0) is 36.2 Å². The van der Waals surface area contributed by atoms with Gasteiger partial charge in [0.15, 0.2) is 11.5 Å². The summed E-state index contributed by atoms with van der Waals surface area (Å²) < 4.78 is 24.4. The summed E-state index contributed by atoms with van der Waals surface area (Å²) in [5.74, 6) is 0.896. The lowest BCUT2D eigenvalue weighted by Gasteiger charge is -2.16. The normalized spacial score (nSPS) is 12.1. The first-order valence-corrected chi connectivity index (χ1v) is 6.30. The quantitative estimate of drug-likeness (QED) is 0.932. The summed E-state index contributed by atoms with van der Waals surface area (Å²) in [6, 6.07) is 9.84. The highest BCUT2D eigenvalue weighted by molar-refractivity contribution is 5.46. The van der Waals surface area contributed by atoms with Gasteiger partial charge in [-0.3, -0.25) is 0 Å². The van der Waals surface area contributed by atoms with Gasteiger partial charge in [0.25, 0.3) is 0 Å². The minimum absolute atomic E-state index is 0.299. The minimum atomic E-state index is -0.546. The molecule has 1 atom stereocenters. The van der Waals surface area contributed by atoms with E-state index in [1.807, 2.05) is 19.1 Å². The van der Waals surface area contributed by atoms with E-state index in [-0.39, 0.29) is 5.82 Å². The third kappa shape index (κ3) is 2.75. The number of hydrogen-bond donors (Lipinski definition) is 1. The zero-order valence-electron chi connectivity index (χ0n) is 11.8. The SMILES string of the molecule is COc1ccc(C(N)c2ccc(C)cc2F)cc1OC. The third-order valence-corrected chi connectivity index (χ3v) is 3.26. The summed E-state index contributed by atoms with van der Waals surface area (Å²) in [5, 5.41) is 0. The number of halogens is 1. The molecule has 0 spiro atoms. The molecular weight excluding hydrogens is 257 g/mol. The van der Waals surface area contributed by atoms with Crippen LogP contribution in [0, 0.1) is 12.7 Å². The number of hydrogen-bond acceptors (Lipinski definition) is 3. The molecule has 0 amide bonds. The molecule has 0 aliphatic rings. The molecule has 2 aromatic rings. The highest BCUT2D eigenvalue weighted by atomic mass is 19.1. The maximum atomic E-state index is 14.0. The van der Waals surface area contributed by atoms with Gasteiger partial charge in [0.1, 0.15) is 5.82 Å². The first-order valence-electron chi connectivity index (χ1n) is 6.30. The van der Waals surface area contributed by atoms with Crippen LogP contribution in [0.3, 0.4) is 0 Å². The third-order valence-electron chi connectivity index (χ3n) is 3.26. The molecule has 0 saturated carbocycles. The van der Waals surface area contributed by atoms with Gasteiger partial charge in [-0.15, -0.1) is 0 Å². The van der Waals surface area contributed by atoms with E-state index >= 15 is 0 Å². The van der Waals surface area contributed by atoms with E-state index in [1.165, 1.54) is 6.07 Å². The van der Waals surface area contributed by atoms with Crippen LogP contribution in [0.1, 0.15) is 22.7 Å². The molecule has 0 heterocycles. The number of ether oxygens (including phenoxy) is 2. The molecule has 4 heteroatoms. The fraction of sp³-hybridized carbons (Fsp3) is 0.250. The van der Waals surface area contributed by atoms with Crippen LogP contribution in [0.4, 0.5) is 4.39 Å². The summed E-state index contributed by atoms with van der Waals surface area (Å²) in [6.45, 7) is 1.84. The van der Waals surface area contributed by atoms with E-state index in [4.69, 9.17) is 15.2 Å². The van der Waals surface area contributed by atoms with E-state index in [1.54, 1.807) is 32.4 Å². The maximum Gasteiger partial charge on any atom is 0.161 e. The second kappa shape index (κ2) is 5.92. The highest BCUT2D eigenvalue weighted by Crippen LogP contribution is 2.32. The molecule has 2 aromatic carbocycles. The Labute approximate surface area is 118 Å². The molecule has 2 rings (SSSR count). The van der Waals surface area contributed by atoms with Crippen LogP contribution < -0.4 is 15.2 Å². The Morgan fingerprint density at radius 3 is 2.30 bits per heavy atom. The van der Waals surface area contributed by atoms with Crippen LogP contribution in [0.15, 0.2) is 36.4 Å². The van der Waals surface area contributed by atoms with Crippen molar-refractivity contribution in [3.05, 3.63) is 58.9 Å². The largest absolute Gasteiger partial charge is 0.493 e. The Hall–Kier alpha value is -2.07. The van der Waals surface area contributed by atoms with Crippen LogP contribution in [-0.2, 0) is 0 Å². The summed E-state index contributed by atoms with van der Waals surface area (Å²) in [4.78, 5) is 0. The van der Waals surface area contributed by atoms with Crippen molar-refractivity contribution < 1.29 is 13.9 Å². The lowest BCUT2D eigenvalue weighted by Crippen LogP contribution is -2.14. The van der Waals surface area contributed by atoms with Gasteiger partial charge in [-0.1, -0.05) is 18.2 Å². The standard InChI is InChI=1S/C16H18FNO2/c1-10-4-6-12(13(17)8-10)16(18)11-5-7-14(19-2)15(9-11)20-3/h4-9,16H,18H2,1-3H3. The molecule has 0 aliphatic carbocycles. The molecule has 20 heavy (non-hydrogen) atoms. The maximum absolute atomic E-state index is 14.0. The monoisotopic (exact) mass is 275 g/mol. The van der Waals surface area contributed by atoms with Crippen molar-refractivity contribution in [3.8, 4) is 11.5 Å². The zero-order chi connectivity index (χ0) is 14.7. The van der Waals surface area contributed by atoms with Gasteiger partial charge in [0.2, 0.25) is 0 Å². The Bertz CT molecular complexity index is 613. The molecule has 0 radical (unpaired) electrons.